The van der Waals surface area contributed by atoms with Crippen molar-refractivity contribution in [2.75, 3.05) is 13.1 Å². The standard InChI is InChI=1S/C17H25N3O2/c21-16-5-4-15(16)19-8-6-12(7-9-19)11-20-17(22)10-13-2-1-3-14(13)18-20/h10,12,15-16,21H,1-9,11H2. The smallest absolute Gasteiger partial charge is 0.267 e. The highest BCUT2D eigenvalue weighted by Crippen LogP contribution is 2.30. The van der Waals surface area contributed by atoms with Crippen LogP contribution >= 0.6 is 0 Å². The maximum Gasteiger partial charge on any atom is 0.267 e. The van der Waals surface area contributed by atoms with Crippen LogP contribution in [0.25, 0.3) is 0 Å². The first-order chi connectivity index (χ1) is 10.7. The molecular formula is C17H25N3O2. The van der Waals surface area contributed by atoms with Crippen LogP contribution in [0.15, 0.2) is 10.9 Å². The van der Waals surface area contributed by atoms with Crippen LogP contribution in [-0.4, -0.2) is 45.0 Å². The summed E-state index contributed by atoms with van der Waals surface area (Å²) in [6, 6.07) is 2.19. The molecule has 5 heteroatoms. The summed E-state index contributed by atoms with van der Waals surface area (Å²) in [6.45, 7) is 2.85. The van der Waals surface area contributed by atoms with Gasteiger partial charge in [-0.05, 0) is 69.5 Å². The minimum absolute atomic E-state index is 0.0671. The van der Waals surface area contributed by atoms with E-state index in [0.29, 0.717) is 12.0 Å². The van der Waals surface area contributed by atoms with Crippen molar-refractivity contribution in [1.82, 2.24) is 14.7 Å². The number of nitrogens with zero attached hydrogens (tertiary/aromatic N) is 3. The molecule has 2 atom stereocenters. The molecule has 5 nitrogen and oxygen atoms in total. The van der Waals surface area contributed by atoms with Crippen LogP contribution in [0.4, 0.5) is 0 Å². The second-order valence-corrected chi connectivity index (χ2v) is 7.18. The first kappa shape index (κ1) is 14.4. The van der Waals surface area contributed by atoms with Gasteiger partial charge in [0, 0.05) is 18.7 Å². The van der Waals surface area contributed by atoms with Crippen molar-refractivity contribution in [3.63, 3.8) is 0 Å². The fourth-order valence-corrected chi connectivity index (χ4v) is 4.17. The lowest BCUT2D eigenvalue weighted by Crippen LogP contribution is -2.53. The molecule has 2 fully saturated rings. The van der Waals surface area contributed by atoms with Gasteiger partial charge in [0.2, 0.25) is 0 Å². The van der Waals surface area contributed by atoms with Crippen molar-refractivity contribution in [2.24, 2.45) is 5.92 Å². The van der Waals surface area contributed by atoms with Crippen LogP contribution in [0, 0.1) is 5.92 Å². The monoisotopic (exact) mass is 303 g/mol. The number of aliphatic hydroxyl groups excluding tert-OH is 1. The summed E-state index contributed by atoms with van der Waals surface area (Å²) in [6.07, 6.45) is 7.36. The topological polar surface area (TPSA) is 58.4 Å². The van der Waals surface area contributed by atoms with E-state index < -0.39 is 0 Å². The van der Waals surface area contributed by atoms with E-state index in [4.69, 9.17) is 0 Å². The zero-order chi connectivity index (χ0) is 15.1. The van der Waals surface area contributed by atoms with Crippen LogP contribution in [0.2, 0.25) is 0 Å². The van der Waals surface area contributed by atoms with Crippen LogP contribution in [-0.2, 0) is 19.4 Å². The molecule has 1 aromatic rings. The van der Waals surface area contributed by atoms with E-state index in [-0.39, 0.29) is 11.7 Å². The first-order valence-corrected chi connectivity index (χ1v) is 8.73. The predicted molar refractivity (Wildman–Crippen MR) is 83.8 cm³/mol. The Morgan fingerprint density at radius 3 is 2.68 bits per heavy atom. The highest BCUT2D eigenvalue weighted by Gasteiger charge is 2.35. The lowest BCUT2D eigenvalue weighted by Gasteiger charge is -2.44. The summed E-state index contributed by atoms with van der Waals surface area (Å²) in [4.78, 5) is 14.6. The van der Waals surface area contributed by atoms with Gasteiger partial charge in [-0.25, -0.2) is 4.68 Å². The van der Waals surface area contributed by atoms with Crippen molar-refractivity contribution >= 4 is 0 Å². The van der Waals surface area contributed by atoms with Crippen LogP contribution in [0.5, 0.6) is 0 Å². The molecule has 1 N–H and O–H groups in total. The molecule has 1 saturated carbocycles. The molecule has 4 rings (SSSR count). The van der Waals surface area contributed by atoms with Crippen molar-refractivity contribution in [1.29, 1.82) is 0 Å². The summed E-state index contributed by atoms with van der Waals surface area (Å²) in [5, 5.41) is 14.4. The fraction of sp³-hybridized carbons (Fsp3) is 0.765. The van der Waals surface area contributed by atoms with Crippen LogP contribution in [0.1, 0.15) is 43.4 Å². The summed E-state index contributed by atoms with van der Waals surface area (Å²) < 4.78 is 1.70. The Kier molecular flexibility index (Phi) is 3.78. The Labute approximate surface area is 130 Å². The van der Waals surface area contributed by atoms with Crippen molar-refractivity contribution in [3.05, 3.63) is 27.7 Å². The van der Waals surface area contributed by atoms with E-state index in [0.717, 1.165) is 75.8 Å². The van der Waals surface area contributed by atoms with Gasteiger partial charge in [0.15, 0.2) is 0 Å². The van der Waals surface area contributed by atoms with E-state index in [1.54, 1.807) is 10.7 Å². The third kappa shape index (κ3) is 2.61. The second kappa shape index (κ2) is 5.78. The number of piperidine rings is 1. The van der Waals surface area contributed by atoms with E-state index in [1.165, 1.54) is 0 Å². The minimum atomic E-state index is -0.113. The number of hydrogen-bond donors (Lipinski definition) is 1. The molecule has 3 aliphatic rings. The van der Waals surface area contributed by atoms with Gasteiger partial charge in [-0.2, -0.15) is 5.10 Å². The number of likely N-dealkylation sites (tertiary alicyclic amines) is 1. The van der Waals surface area contributed by atoms with E-state index in [9.17, 15) is 9.90 Å². The molecule has 1 aromatic heterocycles. The van der Waals surface area contributed by atoms with Crippen LogP contribution in [0.3, 0.4) is 0 Å². The average molecular weight is 303 g/mol. The van der Waals surface area contributed by atoms with Crippen LogP contribution < -0.4 is 5.56 Å². The highest BCUT2D eigenvalue weighted by atomic mass is 16.3. The predicted octanol–water partition coefficient (Wildman–Crippen LogP) is 0.967. The normalized spacial score (nSPS) is 29.3. The lowest BCUT2D eigenvalue weighted by molar-refractivity contribution is -0.0348. The molecule has 0 aromatic carbocycles. The van der Waals surface area contributed by atoms with Gasteiger partial charge in [0.05, 0.1) is 11.8 Å². The van der Waals surface area contributed by atoms with Gasteiger partial charge in [0.1, 0.15) is 0 Å². The zero-order valence-corrected chi connectivity index (χ0v) is 13.1. The molecule has 0 amide bonds. The molecule has 1 saturated heterocycles. The summed E-state index contributed by atoms with van der Waals surface area (Å²) >= 11 is 0. The lowest BCUT2D eigenvalue weighted by atomic mass is 9.85. The number of rotatable bonds is 3. The van der Waals surface area contributed by atoms with Gasteiger partial charge in [-0.3, -0.25) is 9.69 Å². The molecule has 0 bridgehead atoms. The quantitative estimate of drug-likeness (QED) is 0.904. The number of hydrogen-bond acceptors (Lipinski definition) is 4. The second-order valence-electron chi connectivity index (χ2n) is 7.18. The third-order valence-corrected chi connectivity index (χ3v) is 5.78. The zero-order valence-electron chi connectivity index (χ0n) is 13.1. The Balaban J connectivity index is 1.38. The molecule has 2 aliphatic carbocycles. The Hall–Kier alpha value is -1.20. The van der Waals surface area contributed by atoms with Gasteiger partial charge in [-0.1, -0.05) is 0 Å². The Bertz CT molecular complexity index is 604. The average Bonchev–Trinajstić information content (AvgIpc) is 2.95. The van der Waals surface area contributed by atoms with Crippen molar-refractivity contribution in [2.45, 2.75) is 63.6 Å². The number of aliphatic hydroxyl groups is 1. The summed E-state index contributed by atoms with van der Waals surface area (Å²) in [7, 11) is 0. The minimum Gasteiger partial charge on any atom is -0.391 e. The van der Waals surface area contributed by atoms with Gasteiger partial charge >= 0.3 is 0 Å². The number of fused-ring (bicyclic) bond motifs is 1. The molecule has 0 spiro atoms. The highest BCUT2D eigenvalue weighted by molar-refractivity contribution is 5.22. The largest absolute Gasteiger partial charge is 0.391 e. The summed E-state index contributed by atoms with van der Waals surface area (Å²) in [5.74, 6) is 0.540. The first-order valence-electron chi connectivity index (χ1n) is 8.73. The van der Waals surface area contributed by atoms with Gasteiger partial charge in [-0.15, -0.1) is 0 Å². The molecular weight excluding hydrogens is 278 g/mol. The molecule has 120 valence electrons. The van der Waals surface area contributed by atoms with Gasteiger partial charge < -0.3 is 5.11 Å². The Morgan fingerprint density at radius 2 is 2.00 bits per heavy atom. The number of aryl methyl sites for hydroxylation is 2. The number of aromatic nitrogens is 2. The van der Waals surface area contributed by atoms with E-state index >= 15 is 0 Å². The third-order valence-electron chi connectivity index (χ3n) is 5.78. The SMILES string of the molecule is O=c1cc2c(nn1CC1CCN(C3CCC3O)CC1)CCC2. The van der Waals surface area contributed by atoms with E-state index in [2.05, 4.69) is 10.00 Å². The Morgan fingerprint density at radius 1 is 1.18 bits per heavy atom. The fourth-order valence-electron chi connectivity index (χ4n) is 4.17. The molecule has 0 radical (unpaired) electrons. The summed E-state index contributed by atoms with van der Waals surface area (Å²) in [5.41, 5.74) is 2.36. The van der Waals surface area contributed by atoms with E-state index in [1.807, 2.05) is 0 Å². The maximum atomic E-state index is 12.2. The molecule has 2 heterocycles. The van der Waals surface area contributed by atoms with Crippen molar-refractivity contribution < 1.29 is 5.11 Å². The molecule has 22 heavy (non-hydrogen) atoms. The maximum absolute atomic E-state index is 12.2. The van der Waals surface area contributed by atoms with Crippen molar-refractivity contribution in [3.8, 4) is 0 Å². The van der Waals surface area contributed by atoms with Gasteiger partial charge in [0.25, 0.3) is 5.56 Å². The molecule has 1 aliphatic heterocycles. The molecule has 2 unspecified atom stereocenters.